The smallest absolute Gasteiger partial charge is 0.323 e. The van der Waals surface area contributed by atoms with Gasteiger partial charge in [0, 0.05) is 12.1 Å². The van der Waals surface area contributed by atoms with Crippen LogP contribution in [0.1, 0.15) is 5.56 Å². The number of rotatable bonds is 4. The number of amides is 2. The van der Waals surface area contributed by atoms with Crippen LogP contribution in [-0.4, -0.2) is 45.2 Å². The number of anilines is 1. The van der Waals surface area contributed by atoms with E-state index in [-0.39, 0.29) is 20.7 Å². The Bertz CT molecular complexity index is 831. The molecule has 0 radical (unpaired) electrons. The minimum Gasteiger partial charge on any atom is -0.480 e. The Morgan fingerprint density at radius 1 is 1.25 bits per heavy atom. The summed E-state index contributed by atoms with van der Waals surface area (Å²) in [5.74, 6) is -2.03. The van der Waals surface area contributed by atoms with Crippen molar-refractivity contribution < 1.29 is 19.5 Å². The number of nitrogens with zero attached hydrogens (tertiary/aromatic N) is 2. The molecule has 0 unspecified atom stereocenters. The highest BCUT2D eigenvalue weighted by molar-refractivity contribution is 8.26. The van der Waals surface area contributed by atoms with E-state index < -0.39 is 18.4 Å². The Labute approximate surface area is 147 Å². The van der Waals surface area contributed by atoms with E-state index in [4.69, 9.17) is 17.3 Å². The van der Waals surface area contributed by atoms with Gasteiger partial charge in [0.05, 0.1) is 16.2 Å². The molecule has 0 saturated carbocycles. The van der Waals surface area contributed by atoms with Gasteiger partial charge in [0.1, 0.15) is 10.9 Å². The zero-order valence-electron chi connectivity index (χ0n) is 12.4. The average molecular weight is 360 g/mol. The first-order valence-corrected chi connectivity index (χ1v) is 8.20. The second-order valence-corrected chi connectivity index (χ2v) is 6.72. The summed E-state index contributed by atoms with van der Waals surface area (Å²) in [6.45, 7) is 3.44. The molecule has 122 valence electrons. The molecular formula is C16H12N2O4S2. The molecule has 1 fully saturated rings. The zero-order chi connectivity index (χ0) is 17.4. The number of carbonyl (C=O) groups is 3. The fraction of sp³-hybridized carbons (Fsp3) is 0.125. The van der Waals surface area contributed by atoms with Crippen LogP contribution < -0.4 is 4.90 Å². The standard InChI is InChI=1S/C16H12N2O4S2/c1-2-7-17-10-6-4-3-5-9(10)12(14(17)21)13-15(22)18(8-11(19)20)16(23)24-13/h2-6H,1,7-8H2,(H,19,20)/b13-12-. The molecule has 24 heavy (non-hydrogen) atoms. The molecule has 2 aliphatic rings. The fourth-order valence-electron chi connectivity index (χ4n) is 2.63. The van der Waals surface area contributed by atoms with Gasteiger partial charge in [0.2, 0.25) is 0 Å². The molecule has 1 saturated heterocycles. The third-order valence-corrected chi connectivity index (χ3v) is 5.05. The molecule has 0 aromatic heterocycles. The third-order valence-electron chi connectivity index (χ3n) is 3.60. The number of thiocarbonyl (C=S) groups is 1. The minimum atomic E-state index is -1.16. The van der Waals surface area contributed by atoms with Gasteiger partial charge >= 0.3 is 5.97 Å². The average Bonchev–Trinajstić information content (AvgIpc) is 2.96. The molecule has 6 nitrogen and oxygen atoms in total. The summed E-state index contributed by atoms with van der Waals surface area (Å²) in [5, 5.41) is 8.92. The minimum absolute atomic E-state index is 0.136. The summed E-state index contributed by atoms with van der Waals surface area (Å²) in [6.07, 6.45) is 1.60. The zero-order valence-corrected chi connectivity index (χ0v) is 14.0. The van der Waals surface area contributed by atoms with Crippen molar-refractivity contribution in [1.82, 2.24) is 4.90 Å². The van der Waals surface area contributed by atoms with Gasteiger partial charge in [-0.15, -0.1) is 6.58 Å². The van der Waals surface area contributed by atoms with Crippen molar-refractivity contribution in [3.63, 3.8) is 0 Å². The van der Waals surface area contributed by atoms with Gasteiger partial charge in [-0.3, -0.25) is 19.3 Å². The highest BCUT2D eigenvalue weighted by atomic mass is 32.2. The van der Waals surface area contributed by atoms with E-state index >= 15 is 0 Å². The van der Waals surface area contributed by atoms with Gasteiger partial charge in [-0.1, -0.05) is 48.3 Å². The number of carbonyl (C=O) groups excluding carboxylic acids is 2. The summed E-state index contributed by atoms with van der Waals surface area (Å²) >= 11 is 6.06. The normalized spacial score (nSPS) is 19.9. The van der Waals surface area contributed by atoms with Crippen LogP contribution in [0.3, 0.4) is 0 Å². The number of thioether (sulfide) groups is 1. The molecule has 8 heteroatoms. The van der Waals surface area contributed by atoms with E-state index in [1.165, 1.54) is 4.90 Å². The van der Waals surface area contributed by atoms with Crippen molar-refractivity contribution in [2.75, 3.05) is 18.0 Å². The Kier molecular flexibility index (Phi) is 4.25. The van der Waals surface area contributed by atoms with Gasteiger partial charge in [0.25, 0.3) is 11.8 Å². The van der Waals surface area contributed by atoms with Crippen molar-refractivity contribution in [3.05, 3.63) is 47.4 Å². The van der Waals surface area contributed by atoms with E-state index in [0.717, 1.165) is 16.7 Å². The number of fused-ring (bicyclic) bond motifs is 1. The molecule has 1 aromatic rings. The molecule has 3 rings (SSSR count). The van der Waals surface area contributed by atoms with Crippen LogP contribution in [-0.2, 0) is 14.4 Å². The van der Waals surface area contributed by atoms with Crippen LogP contribution in [0.15, 0.2) is 41.8 Å². The molecule has 1 aromatic carbocycles. The number of hydrogen-bond acceptors (Lipinski definition) is 5. The monoisotopic (exact) mass is 360 g/mol. The summed E-state index contributed by atoms with van der Waals surface area (Å²) < 4.78 is 0.136. The molecule has 2 heterocycles. The predicted octanol–water partition coefficient (Wildman–Crippen LogP) is 1.88. The molecule has 1 N–H and O–H groups in total. The number of hydrogen-bond donors (Lipinski definition) is 1. The van der Waals surface area contributed by atoms with E-state index in [1.807, 2.05) is 0 Å². The second kappa shape index (κ2) is 6.21. The topological polar surface area (TPSA) is 77.9 Å². The van der Waals surface area contributed by atoms with E-state index in [9.17, 15) is 14.4 Å². The molecule has 0 atom stereocenters. The molecule has 2 amide bonds. The van der Waals surface area contributed by atoms with Gasteiger partial charge < -0.3 is 10.0 Å². The van der Waals surface area contributed by atoms with Crippen molar-refractivity contribution in [3.8, 4) is 0 Å². The van der Waals surface area contributed by atoms with E-state index in [1.54, 1.807) is 30.3 Å². The van der Waals surface area contributed by atoms with Crippen LogP contribution >= 0.6 is 24.0 Å². The summed E-state index contributed by atoms with van der Waals surface area (Å²) in [5.41, 5.74) is 1.60. The summed E-state index contributed by atoms with van der Waals surface area (Å²) in [7, 11) is 0. The quantitative estimate of drug-likeness (QED) is 0.502. The highest BCUT2D eigenvalue weighted by Crippen LogP contribution is 2.44. The van der Waals surface area contributed by atoms with Gasteiger partial charge in [-0.2, -0.15) is 0 Å². The lowest BCUT2D eigenvalue weighted by Gasteiger charge is -2.14. The lowest BCUT2D eigenvalue weighted by atomic mass is 10.1. The van der Waals surface area contributed by atoms with Crippen molar-refractivity contribution >= 4 is 57.3 Å². The first-order chi connectivity index (χ1) is 11.5. The van der Waals surface area contributed by atoms with Crippen LogP contribution in [0.2, 0.25) is 0 Å². The molecule has 0 spiro atoms. The number of carboxylic acid groups (broad SMARTS) is 1. The van der Waals surface area contributed by atoms with Crippen molar-refractivity contribution in [2.24, 2.45) is 0 Å². The van der Waals surface area contributed by atoms with Gasteiger partial charge in [-0.05, 0) is 6.07 Å². The summed E-state index contributed by atoms with van der Waals surface area (Å²) in [4.78, 5) is 39.0. The van der Waals surface area contributed by atoms with Crippen LogP contribution in [0.4, 0.5) is 5.69 Å². The lowest BCUT2D eigenvalue weighted by Crippen LogP contribution is -2.33. The number of carboxylic acids is 1. The van der Waals surface area contributed by atoms with Crippen LogP contribution in [0.25, 0.3) is 5.57 Å². The third kappa shape index (κ3) is 2.53. The van der Waals surface area contributed by atoms with E-state index in [2.05, 4.69) is 6.58 Å². The second-order valence-electron chi connectivity index (χ2n) is 5.08. The van der Waals surface area contributed by atoms with Crippen LogP contribution in [0.5, 0.6) is 0 Å². The Morgan fingerprint density at radius 2 is 1.96 bits per heavy atom. The maximum atomic E-state index is 12.8. The Balaban J connectivity index is 2.11. The molecule has 2 aliphatic heterocycles. The largest absolute Gasteiger partial charge is 0.480 e. The molecule has 0 aliphatic carbocycles. The maximum absolute atomic E-state index is 12.8. The fourth-order valence-corrected chi connectivity index (χ4v) is 3.96. The lowest BCUT2D eigenvalue weighted by molar-refractivity contribution is -0.140. The van der Waals surface area contributed by atoms with E-state index in [0.29, 0.717) is 17.8 Å². The van der Waals surface area contributed by atoms with Gasteiger partial charge in [-0.25, -0.2) is 0 Å². The summed E-state index contributed by atoms with van der Waals surface area (Å²) in [6, 6.07) is 7.14. The SMILES string of the molecule is C=CCN1C(=O)/C(=C2\SC(=S)N(CC(=O)O)C2=O)c2ccccc21. The van der Waals surface area contributed by atoms with Crippen molar-refractivity contribution in [1.29, 1.82) is 0 Å². The number of para-hydroxylation sites is 1. The van der Waals surface area contributed by atoms with Crippen molar-refractivity contribution in [2.45, 2.75) is 0 Å². The highest BCUT2D eigenvalue weighted by Gasteiger charge is 2.42. The number of aliphatic carboxylic acids is 1. The predicted molar refractivity (Wildman–Crippen MR) is 95.4 cm³/mol. The Morgan fingerprint density at radius 3 is 2.62 bits per heavy atom. The first kappa shape index (κ1) is 16.4. The number of benzene rings is 1. The van der Waals surface area contributed by atoms with Crippen LogP contribution in [0, 0.1) is 0 Å². The van der Waals surface area contributed by atoms with Gasteiger partial charge in [0.15, 0.2) is 0 Å². The maximum Gasteiger partial charge on any atom is 0.323 e. The molecule has 0 bridgehead atoms. The Hall–Kier alpha value is -2.45. The first-order valence-electron chi connectivity index (χ1n) is 6.97. The molecular weight excluding hydrogens is 348 g/mol.